The Balaban J connectivity index is 0.00000125. The standard InChI is InChI=1S/C22H29NO5S.C2H4O2/c1-5-6-16-29(25,26)23(21(24)28-22(2,3)4)19-14-10-11-15-20(19)27-17-18-12-8-7-9-13-18;1-2(3)4/h7-15H,5-6,16-17H2,1-4H3;1H3,(H,3,4). The second kappa shape index (κ2) is 12.8. The molecule has 0 bridgehead atoms. The number of carboxylic acid groups (broad SMARTS) is 1. The predicted octanol–water partition coefficient (Wildman–Crippen LogP) is 5.23. The fourth-order valence-corrected chi connectivity index (χ4v) is 4.12. The summed E-state index contributed by atoms with van der Waals surface area (Å²) in [5.74, 6) is -0.697. The van der Waals surface area contributed by atoms with Crippen molar-refractivity contribution in [1.82, 2.24) is 0 Å². The van der Waals surface area contributed by atoms with E-state index < -0.39 is 27.7 Å². The number of aliphatic carboxylic acids is 1. The first-order valence-electron chi connectivity index (χ1n) is 10.6. The number of nitrogens with zero attached hydrogens (tertiary/aromatic N) is 1. The van der Waals surface area contributed by atoms with Crippen molar-refractivity contribution in [3.63, 3.8) is 0 Å². The van der Waals surface area contributed by atoms with Gasteiger partial charge in [0, 0.05) is 6.92 Å². The molecule has 2 aromatic carbocycles. The van der Waals surface area contributed by atoms with Gasteiger partial charge in [-0.25, -0.2) is 13.2 Å². The molecule has 0 radical (unpaired) electrons. The zero-order chi connectivity index (χ0) is 25.1. The molecular formula is C24H33NO7S. The molecule has 0 aliphatic heterocycles. The zero-order valence-electron chi connectivity index (χ0n) is 19.8. The van der Waals surface area contributed by atoms with Crippen molar-refractivity contribution in [1.29, 1.82) is 0 Å². The van der Waals surface area contributed by atoms with Crippen LogP contribution < -0.4 is 9.04 Å². The maximum Gasteiger partial charge on any atom is 0.429 e. The Morgan fingerprint density at radius 1 is 1.00 bits per heavy atom. The second-order valence-corrected chi connectivity index (χ2v) is 10.1. The third-order valence-electron chi connectivity index (χ3n) is 3.91. The van der Waals surface area contributed by atoms with Crippen molar-refractivity contribution in [2.75, 3.05) is 10.1 Å². The van der Waals surface area contributed by atoms with Crippen molar-refractivity contribution in [3.8, 4) is 5.75 Å². The number of carbonyl (C=O) groups is 2. The van der Waals surface area contributed by atoms with Crippen LogP contribution in [-0.2, 0) is 26.2 Å². The number of unbranched alkanes of at least 4 members (excludes halogenated alkanes) is 1. The molecule has 0 aromatic heterocycles. The van der Waals surface area contributed by atoms with Crippen LogP contribution in [0.3, 0.4) is 0 Å². The number of carboxylic acids is 1. The largest absolute Gasteiger partial charge is 0.487 e. The van der Waals surface area contributed by atoms with E-state index in [4.69, 9.17) is 19.4 Å². The van der Waals surface area contributed by atoms with Crippen LogP contribution >= 0.6 is 0 Å². The molecule has 182 valence electrons. The van der Waals surface area contributed by atoms with Gasteiger partial charge in [-0.1, -0.05) is 55.8 Å². The van der Waals surface area contributed by atoms with E-state index in [9.17, 15) is 13.2 Å². The summed E-state index contributed by atoms with van der Waals surface area (Å²) in [5, 5.41) is 7.42. The first kappa shape index (κ1) is 28.0. The highest BCUT2D eigenvalue weighted by atomic mass is 32.2. The van der Waals surface area contributed by atoms with Crippen LogP contribution in [0.15, 0.2) is 54.6 Å². The van der Waals surface area contributed by atoms with Gasteiger partial charge in [0.1, 0.15) is 23.6 Å². The van der Waals surface area contributed by atoms with Crippen molar-refractivity contribution in [2.24, 2.45) is 0 Å². The highest BCUT2D eigenvalue weighted by Gasteiger charge is 2.34. The minimum absolute atomic E-state index is 0.147. The Bertz CT molecular complexity index is 995. The van der Waals surface area contributed by atoms with Crippen LogP contribution in [0, 0.1) is 0 Å². The lowest BCUT2D eigenvalue weighted by molar-refractivity contribution is -0.134. The quantitative estimate of drug-likeness (QED) is 0.552. The summed E-state index contributed by atoms with van der Waals surface area (Å²) < 4.78 is 38.0. The van der Waals surface area contributed by atoms with Gasteiger partial charge in [0.15, 0.2) is 0 Å². The molecule has 1 amide bonds. The summed E-state index contributed by atoms with van der Waals surface area (Å²) in [6.45, 7) is 8.30. The summed E-state index contributed by atoms with van der Waals surface area (Å²) in [5.41, 5.74) is 0.240. The summed E-state index contributed by atoms with van der Waals surface area (Å²) >= 11 is 0. The van der Waals surface area contributed by atoms with Gasteiger partial charge in [0.2, 0.25) is 10.0 Å². The minimum Gasteiger partial charge on any atom is -0.487 e. The van der Waals surface area contributed by atoms with E-state index in [1.807, 2.05) is 37.3 Å². The first-order valence-corrected chi connectivity index (χ1v) is 12.2. The van der Waals surface area contributed by atoms with Gasteiger partial charge in [0.05, 0.1) is 5.75 Å². The van der Waals surface area contributed by atoms with Crippen LogP contribution in [0.25, 0.3) is 0 Å². The maximum absolute atomic E-state index is 13.0. The molecule has 0 saturated carbocycles. The van der Waals surface area contributed by atoms with Crippen LogP contribution in [0.4, 0.5) is 10.5 Å². The maximum atomic E-state index is 13.0. The molecule has 2 aromatic rings. The molecule has 0 aliphatic carbocycles. The lowest BCUT2D eigenvalue weighted by Gasteiger charge is -2.28. The topological polar surface area (TPSA) is 110 Å². The lowest BCUT2D eigenvalue weighted by Crippen LogP contribution is -2.42. The van der Waals surface area contributed by atoms with Gasteiger partial charge >= 0.3 is 6.09 Å². The van der Waals surface area contributed by atoms with E-state index in [0.29, 0.717) is 18.6 Å². The van der Waals surface area contributed by atoms with Gasteiger partial charge < -0.3 is 14.6 Å². The number of hydrogen-bond donors (Lipinski definition) is 1. The molecule has 0 spiro atoms. The first-order chi connectivity index (χ1) is 15.4. The van der Waals surface area contributed by atoms with Crippen LogP contribution in [0.1, 0.15) is 53.0 Å². The van der Waals surface area contributed by atoms with Crippen LogP contribution in [0.5, 0.6) is 5.75 Å². The van der Waals surface area contributed by atoms with E-state index in [1.54, 1.807) is 45.0 Å². The van der Waals surface area contributed by atoms with Crippen LogP contribution in [-0.4, -0.2) is 36.9 Å². The number of ether oxygens (including phenoxy) is 2. The number of amides is 1. The highest BCUT2D eigenvalue weighted by molar-refractivity contribution is 7.93. The predicted molar refractivity (Wildman–Crippen MR) is 128 cm³/mol. The molecule has 0 saturated heterocycles. The fourth-order valence-electron chi connectivity index (χ4n) is 2.57. The number of carbonyl (C=O) groups excluding carboxylic acids is 1. The molecular weight excluding hydrogens is 446 g/mol. The average molecular weight is 480 g/mol. The monoisotopic (exact) mass is 479 g/mol. The molecule has 8 nitrogen and oxygen atoms in total. The normalized spacial score (nSPS) is 11.1. The van der Waals surface area contributed by atoms with Crippen molar-refractivity contribution in [2.45, 2.75) is 59.7 Å². The number of benzene rings is 2. The lowest BCUT2D eigenvalue weighted by atomic mass is 10.2. The molecule has 33 heavy (non-hydrogen) atoms. The Kier molecular flexibility index (Phi) is 10.9. The molecule has 0 heterocycles. The van der Waals surface area contributed by atoms with Crippen molar-refractivity contribution < 1.29 is 32.6 Å². The number of hydrogen-bond acceptors (Lipinski definition) is 6. The Labute approximate surface area is 196 Å². The van der Waals surface area contributed by atoms with E-state index >= 15 is 0 Å². The fraction of sp³-hybridized carbons (Fsp3) is 0.417. The number of sulfonamides is 1. The molecule has 0 atom stereocenters. The molecule has 2 rings (SSSR count). The third-order valence-corrected chi connectivity index (χ3v) is 5.62. The minimum atomic E-state index is -3.94. The van der Waals surface area contributed by atoms with Gasteiger partial charge in [-0.2, -0.15) is 4.31 Å². The van der Waals surface area contributed by atoms with E-state index in [0.717, 1.165) is 16.8 Å². The molecule has 0 aliphatic rings. The zero-order valence-corrected chi connectivity index (χ0v) is 20.6. The molecule has 0 fully saturated rings. The molecule has 0 unspecified atom stereocenters. The number of rotatable bonds is 8. The van der Waals surface area contributed by atoms with Gasteiger partial charge in [0.25, 0.3) is 5.97 Å². The highest BCUT2D eigenvalue weighted by Crippen LogP contribution is 2.32. The number of anilines is 1. The summed E-state index contributed by atoms with van der Waals surface area (Å²) in [4.78, 5) is 21.9. The Hall–Kier alpha value is -3.07. The molecule has 1 N–H and O–H groups in total. The van der Waals surface area contributed by atoms with E-state index in [-0.39, 0.29) is 18.0 Å². The molecule has 9 heteroatoms. The summed E-state index contributed by atoms with van der Waals surface area (Å²) in [6, 6.07) is 16.1. The number of para-hydroxylation sites is 2. The Morgan fingerprint density at radius 3 is 2.09 bits per heavy atom. The van der Waals surface area contributed by atoms with E-state index in [1.165, 1.54) is 0 Å². The third kappa shape index (κ3) is 10.4. The average Bonchev–Trinajstić information content (AvgIpc) is 2.70. The van der Waals surface area contributed by atoms with Gasteiger partial charge in [-0.05, 0) is 44.9 Å². The van der Waals surface area contributed by atoms with Crippen molar-refractivity contribution >= 4 is 27.8 Å². The van der Waals surface area contributed by atoms with Crippen LogP contribution in [0.2, 0.25) is 0 Å². The summed E-state index contributed by atoms with van der Waals surface area (Å²) in [7, 11) is -3.94. The summed E-state index contributed by atoms with van der Waals surface area (Å²) in [6.07, 6.45) is 0.187. The SMILES string of the molecule is CC(=O)O.CCCCS(=O)(=O)N(C(=O)OC(C)(C)C)c1ccccc1OCc1ccccc1. The van der Waals surface area contributed by atoms with Crippen molar-refractivity contribution in [3.05, 3.63) is 60.2 Å². The Morgan fingerprint density at radius 2 is 1.55 bits per heavy atom. The second-order valence-electron chi connectivity index (χ2n) is 8.18. The van der Waals surface area contributed by atoms with Gasteiger partial charge in [-0.3, -0.25) is 4.79 Å². The van der Waals surface area contributed by atoms with Gasteiger partial charge in [-0.15, -0.1) is 0 Å². The van der Waals surface area contributed by atoms with E-state index in [2.05, 4.69) is 0 Å². The smallest absolute Gasteiger partial charge is 0.429 e.